The second kappa shape index (κ2) is 23.7. The molecule has 0 fully saturated rings. The van der Waals surface area contributed by atoms with Crippen LogP contribution in [-0.4, -0.2) is 14.7 Å². The van der Waals surface area contributed by atoms with Gasteiger partial charge in [0.15, 0.2) is 0 Å². The van der Waals surface area contributed by atoms with Gasteiger partial charge in [0.2, 0.25) is 0 Å². The molecular weight excluding hydrogens is 377 g/mol. The van der Waals surface area contributed by atoms with Crippen LogP contribution in [0, 0.1) is 6.92 Å². The van der Waals surface area contributed by atoms with Crippen molar-refractivity contribution < 1.29 is 38.7 Å². The molecule has 4 nitrogen and oxygen atoms in total. The van der Waals surface area contributed by atoms with Crippen LogP contribution in [0.3, 0.4) is 0 Å². The molecular formula is C18H40O4PZn-. The largest absolute Gasteiger partial charge is 0.466 e. The van der Waals surface area contributed by atoms with Crippen LogP contribution in [0.15, 0.2) is 0 Å². The Labute approximate surface area is 163 Å². The van der Waals surface area contributed by atoms with Crippen LogP contribution in [0.2, 0.25) is 0 Å². The minimum atomic E-state index is -4.64. The molecule has 0 aromatic rings. The van der Waals surface area contributed by atoms with Crippen molar-refractivity contribution in [3.63, 3.8) is 0 Å². The van der Waals surface area contributed by atoms with Gasteiger partial charge in [0.1, 0.15) is 0 Å². The summed E-state index contributed by atoms with van der Waals surface area (Å²) in [4.78, 5) is 21.6. The first-order valence-corrected chi connectivity index (χ1v) is 11.1. The van der Waals surface area contributed by atoms with Crippen molar-refractivity contribution in [2.45, 2.75) is 110 Å². The summed E-state index contributed by atoms with van der Waals surface area (Å²) in [7, 11) is -4.64. The van der Waals surface area contributed by atoms with E-state index >= 15 is 0 Å². The van der Waals surface area contributed by atoms with Crippen LogP contribution in [-0.2, 0) is 24.0 Å². The number of hydrogen-bond donors (Lipinski definition) is 3. The first kappa shape index (κ1) is 29.5. The summed E-state index contributed by atoms with van der Waals surface area (Å²) in [5.74, 6) is 0. The van der Waals surface area contributed by atoms with Gasteiger partial charge in [-0.1, -0.05) is 103 Å². The Morgan fingerprint density at radius 2 is 0.833 bits per heavy atom. The summed E-state index contributed by atoms with van der Waals surface area (Å²) in [5, 5.41) is 0. The van der Waals surface area contributed by atoms with Crippen LogP contribution in [0.5, 0.6) is 0 Å². The summed E-state index contributed by atoms with van der Waals surface area (Å²) >= 11 is 0. The molecule has 0 aliphatic carbocycles. The molecule has 6 heteroatoms. The molecule has 0 spiro atoms. The monoisotopic (exact) mass is 415 g/mol. The third-order valence-corrected chi connectivity index (χ3v) is 3.85. The molecule has 3 N–H and O–H groups in total. The molecule has 0 bridgehead atoms. The summed E-state index contributed by atoms with van der Waals surface area (Å²) in [6, 6.07) is 0. The predicted molar refractivity (Wildman–Crippen MR) is 99.2 cm³/mol. The second-order valence-electron chi connectivity index (χ2n) is 6.32. The van der Waals surface area contributed by atoms with Gasteiger partial charge in [-0.3, -0.25) is 0 Å². The molecule has 0 heterocycles. The molecule has 0 unspecified atom stereocenters. The van der Waals surface area contributed by atoms with Crippen molar-refractivity contribution in [2.75, 3.05) is 0 Å². The van der Waals surface area contributed by atoms with Crippen LogP contribution in [0.25, 0.3) is 0 Å². The Morgan fingerprint density at radius 1 is 0.625 bits per heavy atom. The average molecular weight is 417 g/mol. The SMILES string of the molecule is O=P(O)(O)O.[CH2-]CCCCCCCCCCCCCCCCC.[Zn]. The van der Waals surface area contributed by atoms with E-state index in [1.165, 1.54) is 96.3 Å². The number of rotatable bonds is 15. The third kappa shape index (κ3) is 43.4. The van der Waals surface area contributed by atoms with Crippen LogP contribution >= 0.6 is 7.82 Å². The smallest absolute Gasteiger partial charge is 0.343 e. The Hall–Kier alpha value is 0.733. The van der Waals surface area contributed by atoms with Crippen molar-refractivity contribution in [3.8, 4) is 0 Å². The average Bonchev–Trinajstić information content (AvgIpc) is 2.46. The van der Waals surface area contributed by atoms with Crippen molar-refractivity contribution >= 4 is 7.82 Å². The summed E-state index contributed by atoms with van der Waals surface area (Å²) in [6.07, 6.45) is 22.8. The zero-order valence-corrected chi connectivity index (χ0v) is 19.8. The molecule has 0 aromatic carbocycles. The normalized spacial score (nSPS) is 10.7. The van der Waals surface area contributed by atoms with Gasteiger partial charge >= 0.3 is 7.82 Å². The van der Waals surface area contributed by atoms with E-state index in [0.29, 0.717) is 0 Å². The van der Waals surface area contributed by atoms with E-state index in [9.17, 15) is 0 Å². The van der Waals surface area contributed by atoms with Crippen molar-refractivity contribution in [2.24, 2.45) is 0 Å². The minimum Gasteiger partial charge on any atom is -0.343 e. The van der Waals surface area contributed by atoms with E-state index in [1.807, 2.05) is 0 Å². The molecule has 0 saturated heterocycles. The molecule has 144 valence electrons. The number of phosphoric acid groups is 1. The van der Waals surface area contributed by atoms with E-state index in [2.05, 4.69) is 13.8 Å². The Balaban J connectivity index is -0.000000639. The summed E-state index contributed by atoms with van der Waals surface area (Å²) in [5.41, 5.74) is 0. The molecule has 0 atom stereocenters. The molecule has 0 rings (SSSR count). The maximum Gasteiger partial charge on any atom is 0.466 e. The topological polar surface area (TPSA) is 77.8 Å². The summed E-state index contributed by atoms with van der Waals surface area (Å²) in [6.45, 7) is 6.18. The van der Waals surface area contributed by atoms with Crippen molar-refractivity contribution in [1.82, 2.24) is 0 Å². The summed E-state index contributed by atoms with van der Waals surface area (Å²) < 4.78 is 8.88. The van der Waals surface area contributed by atoms with E-state index in [0.717, 1.165) is 6.42 Å². The quantitative estimate of drug-likeness (QED) is 0.129. The molecule has 0 saturated carbocycles. The van der Waals surface area contributed by atoms with E-state index < -0.39 is 7.82 Å². The van der Waals surface area contributed by atoms with E-state index in [4.69, 9.17) is 19.2 Å². The van der Waals surface area contributed by atoms with Crippen LogP contribution < -0.4 is 0 Å². The second-order valence-corrected chi connectivity index (χ2v) is 7.34. The Bertz CT molecular complexity index is 235. The Morgan fingerprint density at radius 3 is 1.04 bits per heavy atom. The van der Waals surface area contributed by atoms with Crippen molar-refractivity contribution in [1.29, 1.82) is 0 Å². The van der Waals surface area contributed by atoms with Gasteiger partial charge in [-0.15, -0.1) is 0 Å². The van der Waals surface area contributed by atoms with Gasteiger partial charge in [-0.05, 0) is 0 Å². The molecule has 0 amide bonds. The van der Waals surface area contributed by atoms with Gasteiger partial charge in [0.05, 0.1) is 0 Å². The molecule has 0 aromatic heterocycles. The number of unbranched alkanes of at least 4 members (excludes halogenated alkanes) is 15. The van der Waals surface area contributed by atoms with Gasteiger partial charge in [-0.2, -0.15) is 6.42 Å². The first-order chi connectivity index (χ1) is 10.9. The fourth-order valence-corrected chi connectivity index (χ4v) is 2.55. The standard InChI is InChI=1S/C18H37.H3O4P.Zn/c1-3-5-7-9-11-13-15-17-18-16-14-12-10-8-6-4-2;1-5(2,3)4;/h1,3-18H2,2H3;(H3,1,2,3,4);/q-1;;. The molecule has 24 heavy (non-hydrogen) atoms. The predicted octanol–water partition coefficient (Wildman–Crippen LogP) is 6.15. The Kier molecular flexibility index (Phi) is 29.2. The van der Waals surface area contributed by atoms with Crippen molar-refractivity contribution in [3.05, 3.63) is 6.92 Å². The van der Waals surface area contributed by atoms with Crippen LogP contribution in [0.4, 0.5) is 0 Å². The maximum absolute atomic E-state index is 8.88. The number of hydrogen-bond acceptors (Lipinski definition) is 1. The zero-order chi connectivity index (χ0) is 17.8. The molecule has 0 aliphatic rings. The van der Waals surface area contributed by atoms with E-state index in [-0.39, 0.29) is 19.5 Å². The fraction of sp³-hybridized carbons (Fsp3) is 0.944. The van der Waals surface area contributed by atoms with Gasteiger partial charge in [0, 0.05) is 19.5 Å². The minimum absolute atomic E-state index is 0. The van der Waals surface area contributed by atoms with Gasteiger partial charge in [0.25, 0.3) is 0 Å². The zero-order valence-electron chi connectivity index (χ0n) is 15.9. The van der Waals surface area contributed by atoms with Gasteiger partial charge < -0.3 is 21.6 Å². The van der Waals surface area contributed by atoms with Crippen LogP contribution in [0.1, 0.15) is 110 Å². The molecule has 0 aliphatic heterocycles. The first-order valence-electron chi connectivity index (χ1n) is 9.49. The maximum atomic E-state index is 8.88. The fourth-order valence-electron chi connectivity index (χ4n) is 2.55. The van der Waals surface area contributed by atoms with E-state index in [1.54, 1.807) is 0 Å². The molecule has 0 radical (unpaired) electrons. The third-order valence-electron chi connectivity index (χ3n) is 3.85. The van der Waals surface area contributed by atoms with Gasteiger partial charge in [-0.25, -0.2) is 4.57 Å².